The molecule has 0 aromatic carbocycles. The first-order valence-electron chi connectivity index (χ1n) is 3.97. The van der Waals surface area contributed by atoms with Crippen molar-refractivity contribution in [1.82, 2.24) is 9.78 Å². The molecule has 4 nitrogen and oxygen atoms in total. The van der Waals surface area contributed by atoms with E-state index in [9.17, 15) is 4.79 Å². The number of nitrogens with zero attached hydrogens (tertiary/aromatic N) is 2. The molecular formula is C8H11BrN2O2S. The van der Waals surface area contributed by atoms with E-state index in [0.717, 1.165) is 4.90 Å². The summed E-state index contributed by atoms with van der Waals surface area (Å²) in [4.78, 5) is 11.8. The second-order valence-corrected chi connectivity index (χ2v) is 4.85. The van der Waals surface area contributed by atoms with Gasteiger partial charge in [0, 0.05) is 23.9 Å². The largest absolute Gasteiger partial charge is 0.468 e. The maximum atomic E-state index is 11.0. The number of rotatable bonds is 4. The van der Waals surface area contributed by atoms with Crippen LogP contribution in [-0.2, 0) is 16.6 Å². The summed E-state index contributed by atoms with van der Waals surface area (Å²) >= 11 is 4.81. The number of carbonyl (C=O) groups excluding carboxylic acids is 1. The molecule has 0 amide bonds. The van der Waals surface area contributed by atoms with Crippen LogP contribution in [0.2, 0.25) is 0 Å². The molecule has 0 aliphatic rings. The number of hydrogen-bond donors (Lipinski definition) is 0. The molecule has 0 saturated carbocycles. The minimum Gasteiger partial charge on any atom is -0.468 e. The van der Waals surface area contributed by atoms with Crippen LogP contribution >= 0.6 is 27.7 Å². The summed E-state index contributed by atoms with van der Waals surface area (Å²) in [6.07, 6.45) is 3.67. The van der Waals surface area contributed by atoms with Gasteiger partial charge in [-0.3, -0.25) is 9.48 Å². The topological polar surface area (TPSA) is 44.1 Å². The molecule has 0 aliphatic carbocycles. The molecule has 0 bridgehead atoms. The highest BCUT2D eigenvalue weighted by Crippen LogP contribution is 2.20. The maximum absolute atomic E-state index is 11.0. The summed E-state index contributed by atoms with van der Waals surface area (Å²) in [5.41, 5.74) is 0. The summed E-state index contributed by atoms with van der Waals surface area (Å²) in [5.74, 6) is 0.389. The number of hydrogen-bond acceptors (Lipinski definition) is 4. The number of aromatic nitrogens is 2. The second kappa shape index (κ2) is 5.41. The van der Waals surface area contributed by atoms with Crippen LogP contribution in [0.5, 0.6) is 0 Å². The van der Waals surface area contributed by atoms with Crippen LogP contribution in [0.15, 0.2) is 17.3 Å². The van der Waals surface area contributed by atoms with Crippen LogP contribution < -0.4 is 0 Å². The molecule has 0 aliphatic heterocycles. The van der Waals surface area contributed by atoms with Gasteiger partial charge < -0.3 is 4.74 Å². The van der Waals surface area contributed by atoms with Gasteiger partial charge in [-0.15, -0.1) is 11.8 Å². The third-order valence-electron chi connectivity index (χ3n) is 1.53. The molecular weight excluding hydrogens is 268 g/mol. The highest BCUT2D eigenvalue weighted by Gasteiger charge is 2.15. The van der Waals surface area contributed by atoms with Crippen molar-refractivity contribution in [3.63, 3.8) is 0 Å². The number of halogens is 1. The molecule has 14 heavy (non-hydrogen) atoms. The number of methoxy groups -OCH3 is 1. The average molecular weight is 279 g/mol. The Morgan fingerprint density at radius 2 is 2.57 bits per heavy atom. The first-order chi connectivity index (χ1) is 6.63. The van der Waals surface area contributed by atoms with E-state index < -0.39 is 0 Å². The Hall–Kier alpha value is -0.490. The quantitative estimate of drug-likeness (QED) is 0.475. The first kappa shape index (κ1) is 11.6. The fraction of sp³-hybridized carbons (Fsp3) is 0.500. The predicted octanol–water partition coefficient (Wildman–Crippen LogP) is 1.45. The Morgan fingerprint density at radius 3 is 3.07 bits per heavy atom. The molecule has 6 heteroatoms. The van der Waals surface area contributed by atoms with Gasteiger partial charge >= 0.3 is 5.97 Å². The Balaban J connectivity index is 2.37. The highest BCUT2D eigenvalue weighted by atomic mass is 79.9. The minimum atomic E-state index is -0.266. The molecule has 0 spiro atoms. The van der Waals surface area contributed by atoms with Crippen LogP contribution in [0, 0.1) is 0 Å². The fourth-order valence-corrected chi connectivity index (χ4v) is 2.25. The van der Waals surface area contributed by atoms with Crippen molar-refractivity contribution in [3.05, 3.63) is 12.4 Å². The number of carbonyl (C=O) groups is 1. The van der Waals surface area contributed by atoms with Gasteiger partial charge in [0.05, 0.1) is 13.3 Å². The van der Waals surface area contributed by atoms with E-state index >= 15 is 0 Å². The smallest absolute Gasteiger partial charge is 0.320 e. The van der Waals surface area contributed by atoms with Gasteiger partial charge in [0.2, 0.25) is 0 Å². The van der Waals surface area contributed by atoms with E-state index in [1.165, 1.54) is 7.11 Å². The number of esters is 1. The highest BCUT2D eigenvalue weighted by molar-refractivity contribution is 9.10. The van der Waals surface area contributed by atoms with Crippen LogP contribution in [-0.4, -0.2) is 33.4 Å². The molecule has 1 unspecified atom stereocenters. The van der Waals surface area contributed by atoms with Gasteiger partial charge in [-0.2, -0.15) is 5.10 Å². The Bertz CT molecular complexity index is 316. The van der Waals surface area contributed by atoms with Gasteiger partial charge in [-0.1, -0.05) is 15.9 Å². The summed E-state index contributed by atoms with van der Waals surface area (Å²) in [7, 11) is 3.24. The van der Waals surface area contributed by atoms with Crippen molar-refractivity contribution in [3.8, 4) is 0 Å². The zero-order valence-corrected chi connectivity index (χ0v) is 10.3. The van der Waals surface area contributed by atoms with Gasteiger partial charge in [0.25, 0.3) is 0 Å². The average Bonchev–Trinajstić information content (AvgIpc) is 2.59. The summed E-state index contributed by atoms with van der Waals surface area (Å²) in [6.45, 7) is 0. The fourth-order valence-electron chi connectivity index (χ4n) is 0.839. The van der Waals surface area contributed by atoms with Crippen molar-refractivity contribution in [2.24, 2.45) is 7.05 Å². The predicted molar refractivity (Wildman–Crippen MR) is 58.7 cm³/mol. The van der Waals surface area contributed by atoms with Crippen LogP contribution in [0.4, 0.5) is 0 Å². The maximum Gasteiger partial charge on any atom is 0.320 e. The SMILES string of the molecule is COC(=O)C(Br)CSc1cnn(C)c1. The minimum absolute atomic E-state index is 0.249. The summed E-state index contributed by atoms with van der Waals surface area (Å²) < 4.78 is 6.31. The molecule has 0 fully saturated rings. The number of aryl methyl sites for hydroxylation is 1. The van der Waals surface area contributed by atoms with E-state index in [0.29, 0.717) is 5.75 Å². The lowest BCUT2D eigenvalue weighted by atomic mass is 10.5. The Kier molecular flexibility index (Phi) is 4.47. The van der Waals surface area contributed by atoms with Gasteiger partial charge in [0.1, 0.15) is 4.83 Å². The third kappa shape index (κ3) is 3.34. The zero-order chi connectivity index (χ0) is 10.6. The third-order valence-corrected chi connectivity index (χ3v) is 3.70. The molecule has 1 atom stereocenters. The molecule has 0 saturated heterocycles. The molecule has 1 aromatic rings. The van der Waals surface area contributed by atoms with Crippen LogP contribution in [0.1, 0.15) is 0 Å². The molecule has 78 valence electrons. The van der Waals surface area contributed by atoms with Crippen LogP contribution in [0.25, 0.3) is 0 Å². The van der Waals surface area contributed by atoms with Crippen molar-refractivity contribution in [2.75, 3.05) is 12.9 Å². The van der Waals surface area contributed by atoms with Gasteiger partial charge in [0.15, 0.2) is 0 Å². The Morgan fingerprint density at radius 1 is 1.86 bits per heavy atom. The first-order valence-corrected chi connectivity index (χ1v) is 5.87. The van der Waals surface area contributed by atoms with Crippen LogP contribution in [0.3, 0.4) is 0 Å². The molecule has 0 radical (unpaired) electrons. The second-order valence-electron chi connectivity index (χ2n) is 2.65. The normalized spacial score (nSPS) is 12.5. The molecule has 1 rings (SSSR count). The molecule has 1 heterocycles. The van der Waals surface area contributed by atoms with E-state index in [1.54, 1.807) is 22.6 Å². The number of alkyl halides is 1. The zero-order valence-electron chi connectivity index (χ0n) is 7.94. The monoisotopic (exact) mass is 278 g/mol. The van der Waals surface area contributed by atoms with Crippen molar-refractivity contribution in [1.29, 1.82) is 0 Å². The van der Waals surface area contributed by atoms with E-state index in [4.69, 9.17) is 0 Å². The lowest BCUT2D eigenvalue weighted by Gasteiger charge is -2.05. The molecule has 1 aromatic heterocycles. The van der Waals surface area contributed by atoms with E-state index in [-0.39, 0.29) is 10.8 Å². The standard InChI is InChI=1S/C8H11BrN2O2S/c1-11-4-6(3-10-11)14-5-7(9)8(12)13-2/h3-4,7H,5H2,1-2H3. The lowest BCUT2D eigenvalue weighted by molar-refractivity contribution is -0.139. The summed E-state index contributed by atoms with van der Waals surface area (Å²) in [6, 6.07) is 0. The number of thioether (sulfide) groups is 1. The lowest BCUT2D eigenvalue weighted by Crippen LogP contribution is -2.17. The van der Waals surface area contributed by atoms with Gasteiger partial charge in [-0.05, 0) is 0 Å². The Labute approximate surface area is 95.1 Å². The van der Waals surface area contributed by atoms with E-state index in [1.807, 2.05) is 13.2 Å². The van der Waals surface area contributed by atoms with Crippen molar-refractivity contribution < 1.29 is 9.53 Å². The van der Waals surface area contributed by atoms with Gasteiger partial charge in [-0.25, -0.2) is 0 Å². The van der Waals surface area contributed by atoms with Crippen molar-refractivity contribution >= 4 is 33.7 Å². The van der Waals surface area contributed by atoms with E-state index in [2.05, 4.69) is 25.8 Å². The van der Waals surface area contributed by atoms with Crippen molar-refractivity contribution in [2.45, 2.75) is 9.72 Å². The molecule has 0 N–H and O–H groups in total. The summed E-state index contributed by atoms with van der Waals surface area (Å²) in [5, 5.41) is 4.02. The number of ether oxygens (including phenoxy) is 1.